The number of amides is 1. The average molecular weight is 442 g/mol. The van der Waals surface area contributed by atoms with Gasteiger partial charge in [0, 0.05) is 30.2 Å². The van der Waals surface area contributed by atoms with Gasteiger partial charge in [-0.15, -0.1) is 0 Å². The zero-order valence-electron chi connectivity index (χ0n) is 17.7. The number of hydrogen-bond donors (Lipinski definition) is 2. The fourth-order valence-corrected chi connectivity index (χ4v) is 3.89. The van der Waals surface area contributed by atoms with E-state index in [1.54, 1.807) is 30.9 Å². The Balaban J connectivity index is 1.26. The minimum atomic E-state index is -0.758. The van der Waals surface area contributed by atoms with Crippen LogP contribution in [0.3, 0.4) is 0 Å². The van der Waals surface area contributed by atoms with Gasteiger partial charge in [-0.25, -0.2) is 4.98 Å². The molecule has 0 atom stereocenters. The maximum Gasteiger partial charge on any atom is 0.306 e. The molecule has 2 heterocycles. The number of benzene rings is 2. The van der Waals surface area contributed by atoms with Crippen LogP contribution in [0.5, 0.6) is 5.75 Å². The van der Waals surface area contributed by atoms with Crippen molar-refractivity contribution in [3.63, 3.8) is 0 Å². The van der Waals surface area contributed by atoms with Crippen molar-refractivity contribution in [2.24, 2.45) is 5.92 Å². The Kier molecular flexibility index (Phi) is 5.48. The monoisotopic (exact) mass is 442 g/mol. The van der Waals surface area contributed by atoms with Crippen molar-refractivity contribution < 1.29 is 19.4 Å². The van der Waals surface area contributed by atoms with Crippen molar-refractivity contribution in [1.82, 2.24) is 19.9 Å². The minimum absolute atomic E-state index is 0.0475. The summed E-state index contributed by atoms with van der Waals surface area (Å²) >= 11 is 0. The van der Waals surface area contributed by atoms with Gasteiger partial charge in [0.25, 0.3) is 5.91 Å². The summed E-state index contributed by atoms with van der Waals surface area (Å²) in [7, 11) is 0. The Morgan fingerprint density at radius 2 is 1.94 bits per heavy atom. The topological polar surface area (TPSA) is 106 Å². The number of imidazole rings is 1. The van der Waals surface area contributed by atoms with Crippen LogP contribution in [-0.4, -0.2) is 37.6 Å². The third kappa shape index (κ3) is 4.41. The molecule has 1 aliphatic carbocycles. The van der Waals surface area contributed by atoms with Crippen LogP contribution in [0.4, 0.5) is 0 Å². The number of fused-ring (bicyclic) bond motifs is 1. The highest BCUT2D eigenvalue weighted by molar-refractivity contribution is 5.97. The summed E-state index contributed by atoms with van der Waals surface area (Å²) in [6.07, 6.45) is 6.18. The summed E-state index contributed by atoms with van der Waals surface area (Å²) < 4.78 is 7.80. The van der Waals surface area contributed by atoms with Crippen LogP contribution in [0.25, 0.3) is 16.7 Å². The van der Waals surface area contributed by atoms with E-state index >= 15 is 0 Å². The molecule has 0 unspecified atom stereocenters. The van der Waals surface area contributed by atoms with Gasteiger partial charge in [-0.1, -0.05) is 6.07 Å². The minimum Gasteiger partial charge on any atom is -0.490 e. The van der Waals surface area contributed by atoms with Crippen molar-refractivity contribution >= 4 is 22.9 Å². The fourth-order valence-electron chi connectivity index (χ4n) is 3.89. The van der Waals surface area contributed by atoms with Gasteiger partial charge in [-0.2, -0.15) is 0 Å². The van der Waals surface area contributed by atoms with Gasteiger partial charge < -0.3 is 15.2 Å². The van der Waals surface area contributed by atoms with Crippen LogP contribution in [-0.2, 0) is 11.3 Å². The van der Waals surface area contributed by atoms with Gasteiger partial charge >= 0.3 is 5.97 Å². The first kappa shape index (κ1) is 20.7. The first-order valence-electron chi connectivity index (χ1n) is 10.7. The lowest BCUT2D eigenvalue weighted by molar-refractivity contribution is -0.147. The van der Waals surface area contributed by atoms with E-state index in [1.807, 2.05) is 47.0 Å². The summed E-state index contributed by atoms with van der Waals surface area (Å²) in [4.78, 5) is 32.0. The summed E-state index contributed by atoms with van der Waals surface area (Å²) in [5, 5.41) is 11.9. The number of carboxylic acids is 1. The summed E-state index contributed by atoms with van der Waals surface area (Å²) in [5.74, 6) is -0.511. The second kappa shape index (κ2) is 8.74. The molecule has 0 bridgehead atoms. The Bertz CT molecular complexity index is 1300. The number of nitrogens with zero attached hydrogens (tertiary/aromatic N) is 3. The van der Waals surface area contributed by atoms with Crippen LogP contribution < -0.4 is 10.1 Å². The lowest BCUT2D eigenvalue weighted by Crippen LogP contribution is -2.38. The molecule has 166 valence electrons. The highest BCUT2D eigenvalue weighted by Crippen LogP contribution is 2.32. The standard InChI is InChI=1S/C25H22N4O4/c30-24(27-14-16-2-1-9-26-13-16)17-3-8-23-22(12-17)28-15-29(23)19-4-6-20(7-5-19)33-21-10-18(11-21)25(31)32/h1-9,12-13,15,18,21H,10-11,14H2,(H,27,30)(H,31,32). The van der Waals surface area contributed by atoms with Crippen LogP contribution in [0, 0.1) is 5.92 Å². The van der Waals surface area contributed by atoms with Crippen LogP contribution in [0.15, 0.2) is 73.3 Å². The van der Waals surface area contributed by atoms with E-state index in [1.165, 1.54) is 0 Å². The number of carboxylic acid groups (broad SMARTS) is 1. The SMILES string of the molecule is O=C(NCc1cccnc1)c1ccc2c(c1)ncn2-c1ccc(OC2CC(C(=O)O)C2)cc1. The predicted octanol–water partition coefficient (Wildman–Crippen LogP) is 3.59. The van der Waals surface area contributed by atoms with Crippen LogP contribution in [0.2, 0.25) is 0 Å². The molecule has 0 aliphatic heterocycles. The smallest absolute Gasteiger partial charge is 0.306 e. The van der Waals surface area contributed by atoms with E-state index in [0.717, 1.165) is 22.3 Å². The number of aromatic nitrogens is 3. The molecule has 33 heavy (non-hydrogen) atoms. The van der Waals surface area contributed by atoms with E-state index < -0.39 is 5.97 Å². The van der Waals surface area contributed by atoms with Gasteiger partial charge in [-0.05, 0) is 66.9 Å². The fraction of sp³-hybridized carbons (Fsp3) is 0.200. The third-order valence-electron chi connectivity index (χ3n) is 5.85. The zero-order chi connectivity index (χ0) is 22.8. The average Bonchev–Trinajstić information content (AvgIpc) is 3.23. The van der Waals surface area contributed by atoms with Crippen LogP contribution in [0.1, 0.15) is 28.8 Å². The Labute approximate surface area is 189 Å². The number of pyridine rings is 1. The van der Waals surface area contributed by atoms with Crippen molar-refractivity contribution in [3.8, 4) is 11.4 Å². The van der Waals surface area contributed by atoms with E-state index in [4.69, 9.17) is 9.84 Å². The molecule has 0 saturated heterocycles. The normalized spacial score (nSPS) is 17.3. The summed E-state index contributed by atoms with van der Waals surface area (Å²) in [6, 6.07) is 16.8. The van der Waals surface area contributed by atoms with Crippen molar-refractivity contribution in [2.45, 2.75) is 25.5 Å². The molecule has 2 aromatic carbocycles. The molecule has 5 rings (SSSR count). The van der Waals surface area contributed by atoms with Crippen molar-refractivity contribution in [2.75, 3.05) is 0 Å². The zero-order valence-corrected chi connectivity index (χ0v) is 17.7. The Hall–Kier alpha value is -4.20. The van der Waals surface area contributed by atoms with Crippen molar-refractivity contribution in [3.05, 3.63) is 84.4 Å². The molecule has 8 heteroatoms. The highest BCUT2D eigenvalue weighted by Gasteiger charge is 2.36. The lowest BCUT2D eigenvalue weighted by atomic mass is 9.82. The maximum absolute atomic E-state index is 12.5. The molecule has 2 aromatic heterocycles. The first-order chi connectivity index (χ1) is 16.1. The van der Waals surface area contributed by atoms with E-state index in [9.17, 15) is 9.59 Å². The number of hydrogen-bond acceptors (Lipinski definition) is 5. The molecular formula is C25H22N4O4. The lowest BCUT2D eigenvalue weighted by Gasteiger charge is -2.32. The van der Waals surface area contributed by atoms with Gasteiger partial charge in [0.15, 0.2) is 0 Å². The molecule has 8 nitrogen and oxygen atoms in total. The highest BCUT2D eigenvalue weighted by atomic mass is 16.5. The van der Waals surface area contributed by atoms with Crippen molar-refractivity contribution in [1.29, 1.82) is 0 Å². The number of carbonyl (C=O) groups excluding carboxylic acids is 1. The summed E-state index contributed by atoms with van der Waals surface area (Å²) in [6.45, 7) is 0.408. The van der Waals surface area contributed by atoms with Crippen LogP contribution >= 0.6 is 0 Å². The molecule has 1 aliphatic rings. The van der Waals surface area contributed by atoms with E-state index in [-0.39, 0.29) is 17.9 Å². The molecular weight excluding hydrogens is 420 g/mol. The maximum atomic E-state index is 12.5. The molecule has 2 N–H and O–H groups in total. The van der Waals surface area contributed by atoms with Gasteiger partial charge in [0.05, 0.1) is 17.0 Å². The largest absolute Gasteiger partial charge is 0.490 e. The second-order valence-corrected chi connectivity index (χ2v) is 8.10. The number of aliphatic carboxylic acids is 1. The van der Waals surface area contributed by atoms with E-state index in [2.05, 4.69) is 15.3 Å². The number of nitrogens with one attached hydrogen (secondary N) is 1. The van der Waals surface area contributed by atoms with Gasteiger partial charge in [0.2, 0.25) is 0 Å². The molecule has 0 radical (unpaired) electrons. The predicted molar refractivity (Wildman–Crippen MR) is 121 cm³/mol. The molecule has 1 amide bonds. The first-order valence-corrected chi connectivity index (χ1v) is 10.7. The Morgan fingerprint density at radius 1 is 1.12 bits per heavy atom. The molecule has 0 spiro atoms. The van der Waals surface area contributed by atoms with E-state index in [0.29, 0.717) is 30.7 Å². The van der Waals surface area contributed by atoms with Gasteiger partial charge in [0.1, 0.15) is 18.2 Å². The molecule has 1 fully saturated rings. The summed E-state index contributed by atoms with van der Waals surface area (Å²) in [5.41, 5.74) is 3.99. The van der Waals surface area contributed by atoms with Gasteiger partial charge in [-0.3, -0.25) is 19.1 Å². The number of ether oxygens (including phenoxy) is 1. The quantitative estimate of drug-likeness (QED) is 0.453. The Morgan fingerprint density at radius 3 is 2.67 bits per heavy atom. The third-order valence-corrected chi connectivity index (χ3v) is 5.85. The number of carbonyl (C=O) groups is 2. The molecule has 4 aromatic rings. The second-order valence-electron chi connectivity index (χ2n) is 8.10. The number of rotatable bonds is 7. The molecule has 1 saturated carbocycles.